The van der Waals surface area contributed by atoms with E-state index < -0.39 is 0 Å². The first kappa shape index (κ1) is 16.3. The second-order valence-electron chi connectivity index (χ2n) is 6.93. The fourth-order valence-electron chi connectivity index (χ4n) is 3.90. The van der Waals surface area contributed by atoms with Crippen LogP contribution in [0.15, 0.2) is 17.1 Å². The third-order valence-corrected chi connectivity index (χ3v) is 5.01. The zero-order valence-corrected chi connectivity index (χ0v) is 14.8. The van der Waals surface area contributed by atoms with E-state index in [0.717, 1.165) is 25.5 Å². The molecule has 2 saturated heterocycles. The number of aliphatic imine (C=N–C) groups is 1. The molecule has 2 bridgehead atoms. The molecule has 3 unspecified atom stereocenters. The van der Waals surface area contributed by atoms with Gasteiger partial charge in [0.1, 0.15) is 0 Å². The van der Waals surface area contributed by atoms with E-state index in [0.29, 0.717) is 18.2 Å². The quantitative estimate of drug-likeness (QED) is 0.663. The SMILES string of the molecule is CCNC(=NCc1c(C)cc(C)cc1C)NC1CC2CCC1O2. The molecular formula is C19H29N3O. The average Bonchev–Trinajstić information content (AvgIpc) is 3.08. The largest absolute Gasteiger partial charge is 0.373 e. The van der Waals surface area contributed by atoms with Crippen LogP contribution in [-0.4, -0.2) is 30.8 Å². The van der Waals surface area contributed by atoms with Gasteiger partial charge in [0.15, 0.2) is 5.96 Å². The highest BCUT2D eigenvalue weighted by atomic mass is 16.5. The summed E-state index contributed by atoms with van der Waals surface area (Å²) in [5, 5.41) is 6.96. The van der Waals surface area contributed by atoms with Gasteiger partial charge in [-0.25, -0.2) is 4.99 Å². The van der Waals surface area contributed by atoms with Crippen molar-refractivity contribution in [2.75, 3.05) is 6.54 Å². The van der Waals surface area contributed by atoms with Gasteiger partial charge < -0.3 is 15.4 Å². The molecule has 2 heterocycles. The predicted octanol–water partition coefficient (Wildman–Crippen LogP) is 2.99. The highest BCUT2D eigenvalue weighted by Crippen LogP contribution is 2.34. The molecule has 3 atom stereocenters. The first-order valence-corrected chi connectivity index (χ1v) is 8.84. The second kappa shape index (κ2) is 6.91. The number of hydrogen-bond acceptors (Lipinski definition) is 2. The second-order valence-corrected chi connectivity index (χ2v) is 6.93. The molecule has 0 aromatic heterocycles. The Labute approximate surface area is 139 Å². The lowest BCUT2D eigenvalue weighted by atomic mass is 9.96. The van der Waals surface area contributed by atoms with E-state index in [9.17, 15) is 0 Å². The Bertz CT molecular complexity index is 573. The van der Waals surface area contributed by atoms with E-state index in [-0.39, 0.29) is 0 Å². The van der Waals surface area contributed by atoms with Crippen LogP contribution in [0.3, 0.4) is 0 Å². The summed E-state index contributed by atoms with van der Waals surface area (Å²) in [4.78, 5) is 4.82. The van der Waals surface area contributed by atoms with Crippen LogP contribution in [0.25, 0.3) is 0 Å². The zero-order valence-electron chi connectivity index (χ0n) is 14.8. The molecule has 4 heteroatoms. The minimum Gasteiger partial charge on any atom is -0.373 e. The van der Waals surface area contributed by atoms with Gasteiger partial charge in [0.25, 0.3) is 0 Å². The van der Waals surface area contributed by atoms with Crippen molar-refractivity contribution < 1.29 is 4.74 Å². The van der Waals surface area contributed by atoms with Gasteiger partial charge in [-0.15, -0.1) is 0 Å². The molecule has 0 aliphatic carbocycles. The van der Waals surface area contributed by atoms with Crippen molar-refractivity contribution in [1.82, 2.24) is 10.6 Å². The van der Waals surface area contributed by atoms with Crippen LogP contribution in [0.4, 0.5) is 0 Å². The molecule has 2 fully saturated rings. The maximum Gasteiger partial charge on any atom is 0.191 e. The highest BCUT2D eigenvalue weighted by molar-refractivity contribution is 5.80. The molecule has 0 saturated carbocycles. The number of ether oxygens (including phenoxy) is 1. The van der Waals surface area contributed by atoms with E-state index in [1.807, 2.05) is 0 Å². The smallest absolute Gasteiger partial charge is 0.191 e. The van der Waals surface area contributed by atoms with E-state index in [1.54, 1.807) is 0 Å². The van der Waals surface area contributed by atoms with E-state index in [4.69, 9.17) is 9.73 Å². The fourth-order valence-corrected chi connectivity index (χ4v) is 3.90. The third-order valence-electron chi connectivity index (χ3n) is 5.01. The summed E-state index contributed by atoms with van der Waals surface area (Å²) in [6.45, 7) is 10.2. The molecule has 126 valence electrons. The Morgan fingerprint density at radius 3 is 2.52 bits per heavy atom. The van der Waals surface area contributed by atoms with Crippen molar-refractivity contribution in [2.45, 2.75) is 71.8 Å². The Morgan fingerprint density at radius 1 is 1.22 bits per heavy atom. The van der Waals surface area contributed by atoms with Crippen molar-refractivity contribution in [1.29, 1.82) is 0 Å². The van der Waals surface area contributed by atoms with Crippen LogP contribution in [0.2, 0.25) is 0 Å². The summed E-state index contributed by atoms with van der Waals surface area (Å²) < 4.78 is 5.93. The molecule has 0 radical (unpaired) electrons. The molecule has 2 aliphatic heterocycles. The Morgan fingerprint density at radius 2 is 1.96 bits per heavy atom. The van der Waals surface area contributed by atoms with Gasteiger partial charge in [0.2, 0.25) is 0 Å². The molecule has 1 aromatic carbocycles. The zero-order chi connectivity index (χ0) is 16.4. The number of fused-ring (bicyclic) bond motifs is 2. The van der Waals surface area contributed by atoms with E-state index >= 15 is 0 Å². The molecule has 2 aliphatic rings. The first-order valence-electron chi connectivity index (χ1n) is 8.84. The number of nitrogens with zero attached hydrogens (tertiary/aromatic N) is 1. The van der Waals surface area contributed by atoms with Crippen molar-refractivity contribution in [3.63, 3.8) is 0 Å². The van der Waals surface area contributed by atoms with E-state index in [1.165, 1.54) is 35.1 Å². The molecule has 4 nitrogen and oxygen atoms in total. The lowest BCUT2D eigenvalue weighted by Crippen LogP contribution is -2.47. The topological polar surface area (TPSA) is 45.7 Å². The van der Waals surface area contributed by atoms with Crippen LogP contribution in [0.1, 0.15) is 48.4 Å². The summed E-state index contributed by atoms with van der Waals surface area (Å²) in [5.74, 6) is 0.910. The van der Waals surface area contributed by atoms with Gasteiger partial charge in [-0.3, -0.25) is 0 Å². The molecule has 0 amide bonds. The number of benzene rings is 1. The fraction of sp³-hybridized carbons (Fsp3) is 0.632. The lowest BCUT2D eigenvalue weighted by Gasteiger charge is -2.22. The summed E-state index contributed by atoms with van der Waals surface area (Å²) >= 11 is 0. The van der Waals surface area contributed by atoms with Crippen molar-refractivity contribution in [3.05, 3.63) is 34.4 Å². The normalized spacial score (nSPS) is 26.6. The van der Waals surface area contributed by atoms with Gasteiger partial charge in [-0.2, -0.15) is 0 Å². The summed E-state index contributed by atoms with van der Waals surface area (Å²) in [6, 6.07) is 4.89. The van der Waals surface area contributed by atoms with Crippen molar-refractivity contribution in [2.24, 2.45) is 4.99 Å². The van der Waals surface area contributed by atoms with Crippen LogP contribution >= 0.6 is 0 Å². The first-order chi connectivity index (χ1) is 11.1. The molecule has 1 aromatic rings. The number of guanidine groups is 1. The molecule has 2 N–H and O–H groups in total. The molecule has 23 heavy (non-hydrogen) atoms. The lowest BCUT2D eigenvalue weighted by molar-refractivity contribution is 0.0992. The molecular weight excluding hydrogens is 286 g/mol. The summed E-state index contributed by atoms with van der Waals surface area (Å²) in [6.07, 6.45) is 4.34. The summed E-state index contributed by atoms with van der Waals surface area (Å²) in [5.41, 5.74) is 5.30. The predicted molar refractivity (Wildman–Crippen MR) is 94.9 cm³/mol. The summed E-state index contributed by atoms with van der Waals surface area (Å²) in [7, 11) is 0. The van der Waals surface area contributed by atoms with Gasteiger partial charge >= 0.3 is 0 Å². The van der Waals surface area contributed by atoms with Gasteiger partial charge in [0, 0.05) is 6.54 Å². The van der Waals surface area contributed by atoms with Crippen LogP contribution in [-0.2, 0) is 11.3 Å². The number of aryl methyl sites for hydroxylation is 3. The third kappa shape index (κ3) is 3.69. The number of nitrogens with one attached hydrogen (secondary N) is 2. The Balaban J connectivity index is 1.69. The Hall–Kier alpha value is -1.55. The number of rotatable bonds is 4. The van der Waals surface area contributed by atoms with Gasteiger partial charge in [-0.05, 0) is 63.6 Å². The van der Waals surface area contributed by atoms with Gasteiger partial charge in [0.05, 0.1) is 24.8 Å². The van der Waals surface area contributed by atoms with Crippen molar-refractivity contribution >= 4 is 5.96 Å². The van der Waals surface area contributed by atoms with E-state index in [2.05, 4.69) is 50.5 Å². The highest BCUT2D eigenvalue weighted by Gasteiger charge is 2.41. The monoisotopic (exact) mass is 315 g/mol. The maximum absolute atomic E-state index is 5.93. The van der Waals surface area contributed by atoms with Crippen LogP contribution in [0.5, 0.6) is 0 Å². The number of hydrogen-bond donors (Lipinski definition) is 2. The minimum atomic E-state index is 0.367. The van der Waals surface area contributed by atoms with Crippen molar-refractivity contribution in [3.8, 4) is 0 Å². The molecule has 3 rings (SSSR count). The molecule has 0 spiro atoms. The van der Waals surface area contributed by atoms with Crippen LogP contribution < -0.4 is 10.6 Å². The average molecular weight is 315 g/mol. The standard InChI is InChI=1S/C19H29N3O/c1-5-20-19(22-17-10-15-6-7-18(17)23-15)21-11-16-13(3)8-12(2)9-14(16)4/h8-9,15,17-18H,5-7,10-11H2,1-4H3,(H2,20,21,22). The minimum absolute atomic E-state index is 0.367. The Kier molecular flexibility index (Phi) is 4.90. The maximum atomic E-state index is 5.93. The van der Waals surface area contributed by atoms with Crippen LogP contribution in [0, 0.1) is 20.8 Å². The van der Waals surface area contributed by atoms with Gasteiger partial charge in [-0.1, -0.05) is 17.7 Å².